The fourth-order valence-electron chi connectivity index (χ4n) is 2.03. The van der Waals surface area contributed by atoms with E-state index >= 15 is 0 Å². The third kappa shape index (κ3) is 10.8. The summed E-state index contributed by atoms with van der Waals surface area (Å²) in [6.07, 6.45) is 7.10. The molecule has 0 bridgehead atoms. The van der Waals surface area contributed by atoms with E-state index in [9.17, 15) is 5.11 Å². The Labute approximate surface area is 101 Å². The average Bonchev–Trinajstić information content (AvgIpc) is 2.10. The molecule has 2 heteroatoms. The van der Waals surface area contributed by atoms with Crippen LogP contribution in [0.1, 0.15) is 52.4 Å². The molecule has 0 saturated heterocycles. The van der Waals surface area contributed by atoms with E-state index in [4.69, 9.17) is 0 Å². The maximum absolute atomic E-state index is 9.85. The zero-order valence-corrected chi connectivity index (χ0v) is 12.7. The van der Waals surface area contributed by atoms with Crippen LogP contribution in [0.5, 0.6) is 0 Å². The van der Waals surface area contributed by atoms with Crippen LogP contribution in [0.2, 0.25) is 17.0 Å². The van der Waals surface area contributed by atoms with E-state index in [2.05, 4.69) is 25.5 Å². The van der Waals surface area contributed by atoms with Gasteiger partial charge >= 0.3 is 100 Å². The summed E-state index contributed by atoms with van der Waals surface area (Å²) in [6.45, 7) is 4.52. The van der Waals surface area contributed by atoms with Gasteiger partial charge in [0.2, 0.25) is 0 Å². The molecule has 1 N–H and O–H groups in total. The third-order valence-corrected chi connectivity index (χ3v) is 5.28. The average molecular weight is 280 g/mol. The topological polar surface area (TPSA) is 20.2 Å². The number of unbranched alkanes of at least 4 members (excludes halogenated alkanes) is 3. The number of rotatable bonds is 9. The molecule has 0 aromatic rings. The Morgan fingerprint density at radius 2 is 1.80 bits per heavy atom. The molecular formula is C13H29OSe+. The van der Waals surface area contributed by atoms with Crippen LogP contribution in [0, 0.1) is 5.92 Å². The quantitative estimate of drug-likeness (QED) is 0.498. The van der Waals surface area contributed by atoms with Crippen molar-refractivity contribution in [3.8, 4) is 0 Å². The molecule has 15 heavy (non-hydrogen) atoms. The first kappa shape index (κ1) is 15.5. The molecule has 0 aliphatic carbocycles. The molecule has 2 unspecified atom stereocenters. The van der Waals surface area contributed by atoms with E-state index < -0.39 is 0 Å². The van der Waals surface area contributed by atoms with Crippen molar-refractivity contribution in [1.82, 2.24) is 0 Å². The first-order chi connectivity index (χ1) is 7.06. The van der Waals surface area contributed by atoms with Gasteiger partial charge in [0.15, 0.2) is 0 Å². The van der Waals surface area contributed by atoms with Crippen molar-refractivity contribution >= 4 is 13.9 Å². The standard InChI is InChI=1S/C13H29OSe/c1-5-6-7-8-9-13(14)10-12(2)11-15(3)4/h12-14H,5-11H2,1-4H3/q+1. The van der Waals surface area contributed by atoms with E-state index in [1.165, 1.54) is 31.0 Å². The van der Waals surface area contributed by atoms with E-state index in [1.807, 2.05) is 0 Å². The van der Waals surface area contributed by atoms with Crippen LogP contribution in [-0.4, -0.2) is 25.1 Å². The first-order valence-corrected chi connectivity index (χ1v) is 10.9. The van der Waals surface area contributed by atoms with Crippen LogP contribution in [0.3, 0.4) is 0 Å². The summed E-state index contributed by atoms with van der Waals surface area (Å²) >= 11 is -0.317. The molecule has 0 aromatic heterocycles. The van der Waals surface area contributed by atoms with E-state index in [0.29, 0.717) is 0 Å². The molecule has 0 aromatic carbocycles. The van der Waals surface area contributed by atoms with Gasteiger partial charge in [-0.1, -0.05) is 0 Å². The maximum atomic E-state index is 9.85. The predicted molar refractivity (Wildman–Crippen MR) is 70.8 cm³/mol. The molecule has 0 amide bonds. The van der Waals surface area contributed by atoms with E-state index in [0.717, 1.165) is 18.8 Å². The Balaban J connectivity index is 3.42. The summed E-state index contributed by atoms with van der Waals surface area (Å²) in [5.74, 6) is 5.49. The molecule has 0 fully saturated rings. The van der Waals surface area contributed by atoms with Gasteiger partial charge in [-0.05, 0) is 0 Å². The van der Waals surface area contributed by atoms with Crippen molar-refractivity contribution in [3.05, 3.63) is 0 Å². The van der Waals surface area contributed by atoms with Crippen LogP contribution < -0.4 is 0 Å². The number of aliphatic hydroxyl groups is 1. The van der Waals surface area contributed by atoms with Crippen molar-refractivity contribution in [1.29, 1.82) is 0 Å². The van der Waals surface area contributed by atoms with Gasteiger partial charge in [-0.3, -0.25) is 0 Å². The molecule has 92 valence electrons. The van der Waals surface area contributed by atoms with Gasteiger partial charge in [-0.15, -0.1) is 0 Å². The second-order valence-corrected chi connectivity index (χ2v) is 9.83. The Bertz CT molecular complexity index is 136. The van der Waals surface area contributed by atoms with Gasteiger partial charge in [-0.25, -0.2) is 0 Å². The van der Waals surface area contributed by atoms with Crippen LogP contribution in [0.15, 0.2) is 0 Å². The summed E-state index contributed by atoms with van der Waals surface area (Å²) in [5, 5.41) is 11.2. The zero-order valence-electron chi connectivity index (χ0n) is 11.0. The van der Waals surface area contributed by atoms with Gasteiger partial charge in [-0.2, -0.15) is 0 Å². The Morgan fingerprint density at radius 1 is 1.13 bits per heavy atom. The van der Waals surface area contributed by atoms with Gasteiger partial charge in [0.25, 0.3) is 0 Å². The second-order valence-electron chi connectivity index (χ2n) is 5.00. The summed E-state index contributed by atoms with van der Waals surface area (Å²) in [6, 6.07) is 0. The molecule has 0 aliphatic rings. The first-order valence-electron chi connectivity index (χ1n) is 6.28. The summed E-state index contributed by atoms with van der Waals surface area (Å²) < 4.78 is 0. The van der Waals surface area contributed by atoms with Crippen molar-refractivity contribution in [2.24, 2.45) is 5.92 Å². The summed E-state index contributed by atoms with van der Waals surface area (Å²) in [4.78, 5) is 0. The van der Waals surface area contributed by atoms with Crippen LogP contribution in [-0.2, 0) is 0 Å². The molecule has 0 radical (unpaired) electrons. The zero-order chi connectivity index (χ0) is 11.7. The molecule has 0 aliphatic heterocycles. The monoisotopic (exact) mass is 281 g/mol. The van der Waals surface area contributed by atoms with Gasteiger partial charge in [0, 0.05) is 0 Å². The molecule has 2 atom stereocenters. The van der Waals surface area contributed by atoms with Crippen molar-refractivity contribution in [2.75, 3.05) is 0 Å². The van der Waals surface area contributed by atoms with Crippen LogP contribution in [0.4, 0.5) is 0 Å². The van der Waals surface area contributed by atoms with Crippen LogP contribution >= 0.6 is 0 Å². The van der Waals surface area contributed by atoms with Crippen LogP contribution in [0.25, 0.3) is 0 Å². The van der Waals surface area contributed by atoms with Crippen molar-refractivity contribution < 1.29 is 5.11 Å². The van der Waals surface area contributed by atoms with Crippen molar-refractivity contribution in [2.45, 2.75) is 75.4 Å². The molecule has 0 spiro atoms. The van der Waals surface area contributed by atoms with E-state index in [-0.39, 0.29) is 20.0 Å². The minimum atomic E-state index is -0.317. The van der Waals surface area contributed by atoms with E-state index in [1.54, 1.807) is 0 Å². The molecule has 0 heterocycles. The Kier molecular flexibility index (Phi) is 10.00. The van der Waals surface area contributed by atoms with Gasteiger partial charge in [0.1, 0.15) is 0 Å². The van der Waals surface area contributed by atoms with Gasteiger partial charge < -0.3 is 0 Å². The summed E-state index contributed by atoms with van der Waals surface area (Å²) in [5.41, 5.74) is 0. The number of aliphatic hydroxyl groups excluding tert-OH is 1. The molecular weight excluding hydrogens is 251 g/mol. The normalized spacial score (nSPS) is 15.6. The van der Waals surface area contributed by atoms with Gasteiger partial charge in [0.05, 0.1) is 0 Å². The fourth-order valence-corrected chi connectivity index (χ4v) is 4.70. The third-order valence-electron chi connectivity index (χ3n) is 2.68. The predicted octanol–water partition coefficient (Wildman–Crippen LogP) is 4.10. The number of hydrogen-bond donors (Lipinski definition) is 1. The fraction of sp³-hybridized carbons (Fsp3) is 1.00. The molecule has 0 saturated carbocycles. The Hall–Kier alpha value is 0.479. The summed E-state index contributed by atoms with van der Waals surface area (Å²) in [7, 11) is 0. The van der Waals surface area contributed by atoms with Crippen molar-refractivity contribution in [3.63, 3.8) is 0 Å². The Morgan fingerprint density at radius 3 is 2.33 bits per heavy atom. The minimum absolute atomic E-state index is 0.0396. The SMILES string of the molecule is CCCCCCC(O)CC(C)C[Se+](C)C. The molecule has 1 nitrogen and oxygen atoms in total. The molecule has 0 rings (SSSR count). The number of hydrogen-bond acceptors (Lipinski definition) is 1. The second kappa shape index (κ2) is 9.69.